The van der Waals surface area contributed by atoms with Gasteiger partial charge in [0.15, 0.2) is 0 Å². The predicted molar refractivity (Wildman–Crippen MR) is 62.1 cm³/mol. The Kier molecular flexibility index (Phi) is 4.51. The van der Waals surface area contributed by atoms with E-state index >= 15 is 0 Å². The topological polar surface area (TPSA) is 38.3 Å². The van der Waals surface area contributed by atoms with Gasteiger partial charge in [0.05, 0.1) is 7.11 Å². The number of methoxy groups -OCH3 is 1. The normalized spacial score (nSPS) is 9.69. The third kappa shape index (κ3) is 2.84. The zero-order valence-corrected chi connectivity index (χ0v) is 10.1. The second-order valence-corrected chi connectivity index (χ2v) is 4.26. The lowest BCUT2D eigenvalue weighted by molar-refractivity contribution is 0.0958. The van der Waals surface area contributed by atoms with Crippen molar-refractivity contribution in [2.24, 2.45) is 0 Å². The van der Waals surface area contributed by atoms with Crippen LogP contribution in [0.4, 0.5) is 0 Å². The van der Waals surface area contributed by atoms with E-state index in [1.165, 1.54) is 11.3 Å². The van der Waals surface area contributed by atoms with Crippen molar-refractivity contribution in [1.29, 1.82) is 0 Å². The molecule has 0 aliphatic heterocycles. The van der Waals surface area contributed by atoms with Gasteiger partial charge in [-0.3, -0.25) is 4.79 Å². The van der Waals surface area contributed by atoms with Crippen LogP contribution in [0, 0.1) is 0 Å². The minimum Gasteiger partial charge on any atom is -0.495 e. The lowest BCUT2D eigenvalue weighted by Gasteiger charge is -2.02. The van der Waals surface area contributed by atoms with E-state index in [-0.39, 0.29) is 5.91 Å². The molecule has 0 aromatic carbocycles. The summed E-state index contributed by atoms with van der Waals surface area (Å²) in [4.78, 5) is 12.1. The maximum atomic E-state index is 11.5. The van der Waals surface area contributed by atoms with Crippen LogP contribution in [0.25, 0.3) is 0 Å². The monoisotopic (exact) mass is 311 g/mol. The quantitative estimate of drug-likeness (QED) is 0.681. The molecule has 1 amide bonds. The van der Waals surface area contributed by atoms with Crippen molar-refractivity contribution in [3.8, 4) is 5.75 Å². The summed E-state index contributed by atoms with van der Waals surface area (Å²) in [5, 5.41) is 4.64. The number of carbonyl (C=O) groups is 1. The first kappa shape index (κ1) is 10.8. The van der Waals surface area contributed by atoms with Gasteiger partial charge in [-0.1, -0.05) is 22.6 Å². The molecule has 0 radical (unpaired) electrons. The van der Waals surface area contributed by atoms with E-state index in [2.05, 4.69) is 27.9 Å². The van der Waals surface area contributed by atoms with Gasteiger partial charge in [0.2, 0.25) is 0 Å². The van der Waals surface area contributed by atoms with Crippen molar-refractivity contribution in [3.05, 3.63) is 16.3 Å². The first-order chi connectivity index (χ1) is 6.29. The van der Waals surface area contributed by atoms with Crippen LogP contribution in [0.2, 0.25) is 0 Å². The number of rotatable bonds is 4. The average Bonchev–Trinajstić information content (AvgIpc) is 2.61. The van der Waals surface area contributed by atoms with Crippen molar-refractivity contribution in [2.45, 2.75) is 0 Å². The smallest absolute Gasteiger partial charge is 0.265 e. The Morgan fingerprint density at radius 3 is 3.15 bits per heavy atom. The van der Waals surface area contributed by atoms with E-state index in [9.17, 15) is 4.79 Å². The fraction of sp³-hybridized carbons (Fsp3) is 0.375. The van der Waals surface area contributed by atoms with Gasteiger partial charge in [0, 0.05) is 11.0 Å². The highest BCUT2D eigenvalue weighted by Gasteiger charge is 2.12. The first-order valence-electron chi connectivity index (χ1n) is 3.75. The molecule has 1 rings (SSSR count). The molecule has 3 nitrogen and oxygen atoms in total. The number of hydrogen-bond donors (Lipinski definition) is 1. The van der Waals surface area contributed by atoms with Crippen LogP contribution >= 0.6 is 33.9 Å². The average molecular weight is 311 g/mol. The van der Waals surface area contributed by atoms with E-state index in [1.54, 1.807) is 13.2 Å². The number of halogens is 1. The minimum absolute atomic E-state index is 0.0523. The Labute approximate surface area is 94.6 Å². The van der Waals surface area contributed by atoms with Crippen molar-refractivity contribution in [2.75, 3.05) is 18.1 Å². The molecule has 72 valence electrons. The largest absolute Gasteiger partial charge is 0.495 e. The Hall–Kier alpha value is -0.300. The Morgan fingerprint density at radius 2 is 2.54 bits per heavy atom. The number of thiophene rings is 1. The fourth-order valence-electron chi connectivity index (χ4n) is 0.865. The molecule has 1 aromatic heterocycles. The van der Waals surface area contributed by atoms with Crippen molar-refractivity contribution >= 4 is 39.8 Å². The molecule has 0 saturated heterocycles. The van der Waals surface area contributed by atoms with E-state index < -0.39 is 0 Å². The van der Waals surface area contributed by atoms with Crippen molar-refractivity contribution < 1.29 is 9.53 Å². The highest BCUT2D eigenvalue weighted by atomic mass is 127. The molecule has 13 heavy (non-hydrogen) atoms. The highest BCUT2D eigenvalue weighted by Crippen LogP contribution is 2.23. The van der Waals surface area contributed by atoms with Gasteiger partial charge in [0.25, 0.3) is 5.91 Å². The van der Waals surface area contributed by atoms with Crippen LogP contribution in [0.1, 0.15) is 9.67 Å². The van der Waals surface area contributed by atoms with Crippen LogP contribution in [0.5, 0.6) is 5.75 Å². The summed E-state index contributed by atoms with van der Waals surface area (Å²) in [5.41, 5.74) is 0. The fourth-order valence-corrected chi connectivity index (χ4v) is 1.91. The van der Waals surface area contributed by atoms with Gasteiger partial charge >= 0.3 is 0 Å². The second-order valence-electron chi connectivity index (χ2n) is 2.26. The standard InChI is InChI=1S/C8H10INO2S/c1-12-6-2-5-13-7(6)8(11)10-4-3-9/h2,5H,3-4H2,1H3,(H,10,11). The van der Waals surface area contributed by atoms with Gasteiger partial charge in [-0.2, -0.15) is 0 Å². The molecule has 0 aliphatic rings. The molecule has 1 heterocycles. The molecule has 5 heteroatoms. The number of hydrogen-bond acceptors (Lipinski definition) is 3. The van der Waals surface area contributed by atoms with Crippen molar-refractivity contribution in [1.82, 2.24) is 5.32 Å². The molecule has 0 unspecified atom stereocenters. The highest BCUT2D eigenvalue weighted by molar-refractivity contribution is 14.1. The van der Waals surface area contributed by atoms with Crippen LogP contribution in [0.15, 0.2) is 11.4 Å². The van der Waals surface area contributed by atoms with E-state index in [0.29, 0.717) is 17.2 Å². The second kappa shape index (κ2) is 5.43. The summed E-state index contributed by atoms with van der Waals surface area (Å²) in [5.74, 6) is 0.597. The summed E-state index contributed by atoms with van der Waals surface area (Å²) in [6.45, 7) is 0.695. The zero-order valence-electron chi connectivity index (χ0n) is 7.17. The van der Waals surface area contributed by atoms with Gasteiger partial charge in [0.1, 0.15) is 10.6 Å². The van der Waals surface area contributed by atoms with E-state index in [4.69, 9.17) is 4.74 Å². The molecule has 1 aromatic rings. The van der Waals surface area contributed by atoms with Gasteiger partial charge in [-0.05, 0) is 11.4 Å². The summed E-state index contributed by atoms with van der Waals surface area (Å²) in [6, 6.07) is 1.80. The number of carbonyl (C=O) groups excluding carboxylic acids is 1. The molecule has 0 aliphatic carbocycles. The molecule has 0 bridgehead atoms. The first-order valence-corrected chi connectivity index (χ1v) is 6.15. The number of amides is 1. The lowest BCUT2D eigenvalue weighted by atomic mass is 10.4. The number of ether oxygens (including phenoxy) is 1. The zero-order chi connectivity index (χ0) is 9.68. The van der Waals surface area contributed by atoms with Crippen LogP contribution in [-0.2, 0) is 0 Å². The minimum atomic E-state index is -0.0523. The molecular formula is C8H10INO2S. The SMILES string of the molecule is COc1ccsc1C(=O)NCCI. The molecule has 0 fully saturated rings. The van der Waals surface area contributed by atoms with Crippen LogP contribution in [-0.4, -0.2) is 24.0 Å². The summed E-state index contributed by atoms with van der Waals surface area (Å²) >= 11 is 3.61. The number of alkyl halides is 1. The lowest BCUT2D eigenvalue weighted by Crippen LogP contribution is -2.24. The van der Waals surface area contributed by atoms with Gasteiger partial charge in [-0.15, -0.1) is 11.3 Å². The molecular weight excluding hydrogens is 301 g/mol. The maximum absolute atomic E-state index is 11.5. The van der Waals surface area contributed by atoms with Crippen molar-refractivity contribution in [3.63, 3.8) is 0 Å². The molecule has 0 atom stereocenters. The third-order valence-corrected chi connectivity index (χ3v) is 2.87. The predicted octanol–water partition coefficient (Wildman–Crippen LogP) is 1.92. The number of nitrogens with one attached hydrogen (secondary N) is 1. The van der Waals surface area contributed by atoms with Gasteiger partial charge in [-0.25, -0.2) is 0 Å². The van der Waals surface area contributed by atoms with Gasteiger partial charge < -0.3 is 10.1 Å². The summed E-state index contributed by atoms with van der Waals surface area (Å²) < 4.78 is 5.95. The molecule has 0 spiro atoms. The third-order valence-electron chi connectivity index (χ3n) is 1.44. The molecule has 1 N–H and O–H groups in total. The Balaban J connectivity index is 2.65. The summed E-state index contributed by atoms with van der Waals surface area (Å²) in [6.07, 6.45) is 0. The van der Waals surface area contributed by atoms with Crippen LogP contribution in [0.3, 0.4) is 0 Å². The maximum Gasteiger partial charge on any atom is 0.265 e. The Morgan fingerprint density at radius 1 is 1.77 bits per heavy atom. The van der Waals surface area contributed by atoms with Crippen LogP contribution < -0.4 is 10.1 Å². The van der Waals surface area contributed by atoms with E-state index in [1.807, 2.05) is 5.38 Å². The molecule has 0 saturated carbocycles. The Bertz CT molecular complexity index is 287. The summed E-state index contributed by atoms with van der Waals surface area (Å²) in [7, 11) is 1.57. The van der Waals surface area contributed by atoms with E-state index in [0.717, 1.165) is 4.43 Å².